The topological polar surface area (TPSA) is 70.8 Å². The van der Waals surface area contributed by atoms with Gasteiger partial charge in [-0.05, 0) is 54.3 Å². The molecule has 4 rings (SSSR count). The summed E-state index contributed by atoms with van der Waals surface area (Å²) < 4.78 is 17.0. The molecule has 1 aliphatic rings. The van der Waals surface area contributed by atoms with Crippen LogP contribution >= 0.6 is 0 Å². The van der Waals surface area contributed by atoms with Crippen molar-refractivity contribution >= 4 is 5.69 Å². The first kappa shape index (κ1) is 17.9. The zero-order chi connectivity index (χ0) is 19.5. The largest absolute Gasteiger partial charge is 0.496 e. The lowest BCUT2D eigenvalue weighted by molar-refractivity contribution is -0.385. The molecule has 0 spiro atoms. The molecule has 1 unspecified atom stereocenters. The van der Waals surface area contributed by atoms with Crippen LogP contribution < -0.4 is 14.2 Å². The summed E-state index contributed by atoms with van der Waals surface area (Å²) in [5.74, 6) is 1.93. The van der Waals surface area contributed by atoms with Gasteiger partial charge >= 0.3 is 5.69 Å². The summed E-state index contributed by atoms with van der Waals surface area (Å²) in [5, 5.41) is 11.3. The summed E-state index contributed by atoms with van der Waals surface area (Å²) in [4.78, 5) is 10.9. The highest BCUT2D eigenvalue weighted by molar-refractivity contribution is 5.53. The van der Waals surface area contributed by atoms with Crippen LogP contribution in [0.15, 0.2) is 66.7 Å². The highest BCUT2D eigenvalue weighted by Gasteiger charge is 2.22. The molecular formula is C22H19NO5. The Morgan fingerprint density at radius 3 is 2.57 bits per heavy atom. The van der Waals surface area contributed by atoms with E-state index in [1.165, 1.54) is 13.2 Å². The maximum absolute atomic E-state index is 11.3. The van der Waals surface area contributed by atoms with Gasteiger partial charge in [0, 0.05) is 0 Å². The second kappa shape index (κ2) is 7.60. The molecule has 0 amide bonds. The number of hydrogen-bond donors (Lipinski definition) is 0. The summed E-state index contributed by atoms with van der Waals surface area (Å²) in [5.41, 5.74) is 2.04. The van der Waals surface area contributed by atoms with E-state index >= 15 is 0 Å². The minimum Gasteiger partial charge on any atom is -0.496 e. The maximum Gasteiger partial charge on any atom is 0.315 e. The van der Waals surface area contributed by atoms with Gasteiger partial charge in [-0.1, -0.05) is 30.3 Å². The number of fused-ring (bicyclic) bond motifs is 1. The lowest BCUT2D eigenvalue weighted by atomic mass is 9.97. The summed E-state index contributed by atoms with van der Waals surface area (Å²) in [6.07, 6.45) is 1.74. The molecule has 0 fully saturated rings. The number of nitro benzene ring substituents is 1. The predicted molar refractivity (Wildman–Crippen MR) is 104 cm³/mol. The van der Waals surface area contributed by atoms with Gasteiger partial charge in [0.2, 0.25) is 5.75 Å². The van der Waals surface area contributed by atoms with E-state index in [0.29, 0.717) is 11.5 Å². The smallest absolute Gasteiger partial charge is 0.315 e. The van der Waals surface area contributed by atoms with Crippen molar-refractivity contribution in [3.05, 3.63) is 88.0 Å². The average molecular weight is 377 g/mol. The zero-order valence-corrected chi connectivity index (χ0v) is 15.3. The molecule has 28 heavy (non-hydrogen) atoms. The van der Waals surface area contributed by atoms with E-state index in [0.717, 1.165) is 29.7 Å². The Balaban J connectivity index is 1.55. The predicted octanol–water partition coefficient (Wildman–Crippen LogP) is 5.46. The first-order valence-corrected chi connectivity index (χ1v) is 8.99. The van der Waals surface area contributed by atoms with Crippen molar-refractivity contribution in [2.45, 2.75) is 18.9 Å². The number of nitrogens with zero attached hydrogens (tertiary/aromatic N) is 1. The van der Waals surface area contributed by atoms with Gasteiger partial charge in [-0.25, -0.2) is 0 Å². The van der Waals surface area contributed by atoms with E-state index in [1.54, 1.807) is 18.2 Å². The van der Waals surface area contributed by atoms with Crippen molar-refractivity contribution in [1.82, 2.24) is 0 Å². The van der Waals surface area contributed by atoms with E-state index in [4.69, 9.17) is 14.2 Å². The van der Waals surface area contributed by atoms with Crippen LogP contribution in [0.5, 0.6) is 23.0 Å². The Morgan fingerprint density at radius 1 is 1.04 bits per heavy atom. The van der Waals surface area contributed by atoms with E-state index in [-0.39, 0.29) is 17.5 Å². The van der Waals surface area contributed by atoms with Gasteiger partial charge in [-0.15, -0.1) is 0 Å². The number of rotatable bonds is 5. The molecule has 1 atom stereocenters. The highest BCUT2D eigenvalue weighted by atomic mass is 16.6. The van der Waals surface area contributed by atoms with Crippen molar-refractivity contribution in [3.8, 4) is 23.0 Å². The summed E-state index contributed by atoms with van der Waals surface area (Å²) in [6.45, 7) is 0. The first-order valence-electron chi connectivity index (χ1n) is 8.99. The minimum atomic E-state index is -0.482. The maximum atomic E-state index is 11.3. The monoisotopic (exact) mass is 377 g/mol. The average Bonchev–Trinajstić information content (AvgIpc) is 2.74. The number of ether oxygens (including phenoxy) is 3. The lowest BCUT2D eigenvalue weighted by Gasteiger charge is -2.26. The molecule has 0 radical (unpaired) electrons. The van der Waals surface area contributed by atoms with Crippen molar-refractivity contribution in [3.63, 3.8) is 0 Å². The molecule has 0 N–H and O–H groups in total. The number of aryl methyl sites for hydroxylation is 1. The number of methoxy groups -OCH3 is 1. The van der Waals surface area contributed by atoms with Crippen molar-refractivity contribution < 1.29 is 19.1 Å². The van der Waals surface area contributed by atoms with Crippen LogP contribution in [-0.4, -0.2) is 12.0 Å². The summed E-state index contributed by atoms with van der Waals surface area (Å²) in [7, 11) is 1.46. The molecule has 0 saturated carbocycles. The fourth-order valence-corrected chi connectivity index (χ4v) is 3.31. The highest BCUT2D eigenvalue weighted by Crippen LogP contribution is 2.39. The Morgan fingerprint density at radius 2 is 1.82 bits per heavy atom. The Labute approximate surface area is 162 Å². The van der Waals surface area contributed by atoms with Gasteiger partial charge in [0.15, 0.2) is 0 Å². The van der Waals surface area contributed by atoms with Gasteiger partial charge in [0.25, 0.3) is 0 Å². The SMILES string of the molecule is COc1ccc(Oc2ccc3c(c2)CCC(c2ccccc2)O3)c([N+](=O)[O-])c1. The molecule has 0 bridgehead atoms. The Kier molecular flexibility index (Phi) is 4.85. The van der Waals surface area contributed by atoms with E-state index < -0.39 is 4.92 Å². The molecular weight excluding hydrogens is 358 g/mol. The summed E-state index contributed by atoms with van der Waals surface area (Å²) >= 11 is 0. The molecule has 6 nitrogen and oxygen atoms in total. The van der Waals surface area contributed by atoms with Crippen molar-refractivity contribution in [2.24, 2.45) is 0 Å². The molecule has 3 aromatic carbocycles. The van der Waals surface area contributed by atoms with Crippen LogP contribution in [0.25, 0.3) is 0 Å². The molecule has 1 heterocycles. The Bertz CT molecular complexity index is 1000. The third-order valence-electron chi connectivity index (χ3n) is 4.74. The third kappa shape index (κ3) is 3.62. The molecule has 6 heteroatoms. The van der Waals surface area contributed by atoms with Gasteiger partial charge in [-0.3, -0.25) is 10.1 Å². The standard InChI is InChI=1S/C22H19NO5/c1-26-17-8-12-22(19(14-17)23(24)25)27-18-9-11-21-16(13-18)7-10-20(28-21)15-5-3-2-4-6-15/h2-6,8-9,11-14,20H,7,10H2,1H3. The number of hydrogen-bond acceptors (Lipinski definition) is 5. The van der Waals surface area contributed by atoms with Crippen LogP contribution in [0.4, 0.5) is 5.69 Å². The van der Waals surface area contributed by atoms with Gasteiger partial charge in [0.1, 0.15) is 23.4 Å². The molecule has 142 valence electrons. The van der Waals surface area contributed by atoms with Gasteiger partial charge < -0.3 is 14.2 Å². The van der Waals surface area contributed by atoms with Crippen molar-refractivity contribution in [2.75, 3.05) is 7.11 Å². The third-order valence-corrected chi connectivity index (χ3v) is 4.74. The van der Waals surface area contributed by atoms with Gasteiger partial charge in [0.05, 0.1) is 18.1 Å². The first-order chi connectivity index (χ1) is 13.6. The van der Waals surface area contributed by atoms with Crippen LogP contribution in [0.2, 0.25) is 0 Å². The number of nitro groups is 1. The van der Waals surface area contributed by atoms with Crippen LogP contribution in [0, 0.1) is 10.1 Å². The molecule has 1 aliphatic heterocycles. The fraction of sp³-hybridized carbons (Fsp3) is 0.182. The summed E-state index contributed by atoms with van der Waals surface area (Å²) in [6, 6.07) is 20.2. The minimum absolute atomic E-state index is 0.0307. The van der Waals surface area contributed by atoms with E-state index in [2.05, 4.69) is 12.1 Å². The van der Waals surface area contributed by atoms with Crippen LogP contribution in [0.1, 0.15) is 23.7 Å². The fourth-order valence-electron chi connectivity index (χ4n) is 3.31. The van der Waals surface area contributed by atoms with Crippen molar-refractivity contribution in [1.29, 1.82) is 0 Å². The van der Waals surface area contributed by atoms with E-state index in [1.807, 2.05) is 30.3 Å². The molecule has 3 aromatic rings. The second-order valence-electron chi connectivity index (χ2n) is 6.52. The van der Waals surface area contributed by atoms with Gasteiger partial charge in [-0.2, -0.15) is 0 Å². The van der Waals surface area contributed by atoms with Crippen LogP contribution in [0.3, 0.4) is 0 Å². The van der Waals surface area contributed by atoms with E-state index in [9.17, 15) is 10.1 Å². The lowest BCUT2D eigenvalue weighted by Crippen LogP contribution is -2.15. The normalized spacial score (nSPS) is 15.2. The quantitative estimate of drug-likeness (QED) is 0.436. The second-order valence-corrected chi connectivity index (χ2v) is 6.52. The van der Waals surface area contributed by atoms with Crippen LogP contribution in [-0.2, 0) is 6.42 Å². The zero-order valence-electron chi connectivity index (χ0n) is 15.3. The molecule has 0 aliphatic carbocycles. The Hall–Kier alpha value is -3.54. The number of benzene rings is 3. The molecule has 0 saturated heterocycles. The molecule has 0 aromatic heterocycles.